The first-order chi connectivity index (χ1) is 13.2. The lowest BCUT2D eigenvalue weighted by Crippen LogP contribution is -2.50. The third kappa shape index (κ3) is 5.95. The van der Waals surface area contributed by atoms with Crippen molar-refractivity contribution in [1.29, 1.82) is 0 Å². The Morgan fingerprint density at radius 1 is 1.14 bits per heavy atom. The molecular formula is C20H25FN2O4S. The Morgan fingerprint density at radius 3 is 2.29 bits per heavy atom. The van der Waals surface area contributed by atoms with E-state index in [4.69, 9.17) is 4.74 Å². The fourth-order valence-electron chi connectivity index (χ4n) is 2.74. The lowest BCUT2D eigenvalue weighted by atomic mass is 10.2. The van der Waals surface area contributed by atoms with E-state index in [0.717, 1.165) is 28.3 Å². The predicted octanol–water partition coefficient (Wildman–Crippen LogP) is 2.87. The highest BCUT2D eigenvalue weighted by Crippen LogP contribution is 2.22. The first-order valence-electron chi connectivity index (χ1n) is 8.94. The molecule has 1 atom stereocenters. The summed E-state index contributed by atoms with van der Waals surface area (Å²) in [6, 6.07) is 11.6. The molecule has 0 spiro atoms. The summed E-state index contributed by atoms with van der Waals surface area (Å²) in [5, 5.41) is 2.70. The molecule has 0 unspecified atom stereocenters. The maximum absolute atomic E-state index is 13.2. The van der Waals surface area contributed by atoms with Gasteiger partial charge in [-0.2, -0.15) is 0 Å². The minimum absolute atomic E-state index is 0.226. The summed E-state index contributed by atoms with van der Waals surface area (Å²) in [7, 11) is -3.75. The van der Waals surface area contributed by atoms with Crippen LogP contribution in [0.4, 0.5) is 10.1 Å². The van der Waals surface area contributed by atoms with E-state index in [1.54, 1.807) is 6.92 Å². The third-order valence-electron chi connectivity index (χ3n) is 4.10. The van der Waals surface area contributed by atoms with Crippen LogP contribution in [-0.2, 0) is 14.8 Å². The molecule has 0 fully saturated rings. The van der Waals surface area contributed by atoms with Crippen molar-refractivity contribution >= 4 is 21.6 Å². The zero-order valence-electron chi connectivity index (χ0n) is 16.2. The van der Waals surface area contributed by atoms with Crippen molar-refractivity contribution in [3.63, 3.8) is 0 Å². The molecule has 28 heavy (non-hydrogen) atoms. The van der Waals surface area contributed by atoms with E-state index in [1.807, 2.05) is 31.2 Å². The number of sulfonamides is 1. The van der Waals surface area contributed by atoms with Crippen LogP contribution in [0, 0.1) is 12.7 Å². The zero-order chi connectivity index (χ0) is 20.7. The number of carbonyl (C=O) groups excluding carboxylic acids is 1. The van der Waals surface area contributed by atoms with Gasteiger partial charge in [-0.25, -0.2) is 12.8 Å². The molecule has 1 amide bonds. The van der Waals surface area contributed by atoms with Crippen molar-refractivity contribution in [2.45, 2.75) is 26.3 Å². The highest BCUT2D eigenvalue weighted by molar-refractivity contribution is 7.92. The summed E-state index contributed by atoms with van der Waals surface area (Å²) in [5.41, 5.74) is 1.36. The fourth-order valence-corrected chi connectivity index (χ4v) is 3.96. The zero-order valence-corrected chi connectivity index (χ0v) is 17.0. The van der Waals surface area contributed by atoms with Gasteiger partial charge in [-0.3, -0.25) is 9.10 Å². The summed E-state index contributed by atoms with van der Waals surface area (Å²) in [5.74, 6) is -0.233. The highest BCUT2D eigenvalue weighted by atomic mass is 32.2. The van der Waals surface area contributed by atoms with Gasteiger partial charge in [0.1, 0.15) is 24.2 Å². The van der Waals surface area contributed by atoms with E-state index in [0.29, 0.717) is 5.75 Å². The van der Waals surface area contributed by atoms with Crippen LogP contribution in [0.1, 0.15) is 18.9 Å². The Morgan fingerprint density at radius 2 is 1.75 bits per heavy atom. The van der Waals surface area contributed by atoms with Crippen molar-refractivity contribution in [2.24, 2.45) is 0 Å². The summed E-state index contributed by atoms with van der Waals surface area (Å²) < 4.78 is 44.4. The van der Waals surface area contributed by atoms with Gasteiger partial charge in [0.25, 0.3) is 0 Å². The van der Waals surface area contributed by atoms with E-state index in [1.165, 1.54) is 12.1 Å². The molecule has 0 aliphatic rings. The maximum Gasteiger partial charge on any atom is 0.244 e. The number of nitrogens with one attached hydrogen (secondary N) is 1. The average Bonchev–Trinajstić information content (AvgIpc) is 2.64. The first kappa shape index (κ1) is 21.7. The molecule has 0 bridgehead atoms. The molecule has 0 aromatic heterocycles. The molecule has 0 heterocycles. The second kappa shape index (κ2) is 9.54. The van der Waals surface area contributed by atoms with Crippen LogP contribution in [0.15, 0.2) is 48.5 Å². The smallest absolute Gasteiger partial charge is 0.244 e. The summed E-state index contributed by atoms with van der Waals surface area (Å²) in [6.45, 7) is 4.17. The van der Waals surface area contributed by atoms with Gasteiger partial charge >= 0.3 is 0 Å². The topological polar surface area (TPSA) is 75.7 Å². The average molecular weight is 408 g/mol. The summed E-state index contributed by atoms with van der Waals surface area (Å²) in [4.78, 5) is 12.6. The van der Waals surface area contributed by atoms with Crippen LogP contribution in [0.2, 0.25) is 0 Å². The van der Waals surface area contributed by atoms with E-state index in [-0.39, 0.29) is 25.3 Å². The number of aryl methyl sites for hydroxylation is 1. The summed E-state index contributed by atoms with van der Waals surface area (Å²) >= 11 is 0. The number of anilines is 1. The molecule has 6 nitrogen and oxygen atoms in total. The first-order valence-corrected chi connectivity index (χ1v) is 10.8. The molecule has 0 saturated carbocycles. The Hall–Kier alpha value is -2.61. The van der Waals surface area contributed by atoms with Gasteiger partial charge in [0, 0.05) is 0 Å². The number of rotatable bonds is 9. The second-order valence-electron chi connectivity index (χ2n) is 6.41. The number of ether oxygens (including phenoxy) is 1. The molecule has 152 valence electrons. The van der Waals surface area contributed by atoms with Crippen molar-refractivity contribution in [2.75, 3.05) is 23.7 Å². The predicted molar refractivity (Wildman–Crippen MR) is 107 cm³/mol. The van der Waals surface area contributed by atoms with Gasteiger partial charge in [0.05, 0.1) is 18.5 Å². The Bertz CT molecular complexity index is 883. The van der Waals surface area contributed by atoms with Crippen molar-refractivity contribution in [1.82, 2.24) is 5.32 Å². The van der Waals surface area contributed by atoms with Gasteiger partial charge in [-0.1, -0.05) is 24.6 Å². The number of halogens is 1. The minimum atomic E-state index is -3.75. The largest absolute Gasteiger partial charge is 0.492 e. The van der Waals surface area contributed by atoms with Crippen LogP contribution in [0.3, 0.4) is 0 Å². The highest BCUT2D eigenvalue weighted by Gasteiger charge is 2.31. The van der Waals surface area contributed by atoms with Gasteiger partial charge in [-0.05, 0) is 49.7 Å². The number of benzene rings is 2. The monoisotopic (exact) mass is 408 g/mol. The molecule has 0 saturated heterocycles. The molecule has 0 aliphatic carbocycles. The van der Waals surface area contributed by atoms with Gasteiger partial charge < -0.3 is 10.1 Å². The number of amides is 1. The molecular weight excluding hydrogens is 383 g/mol. The molecule has 1 N–H and O–H groups in total. The van der Waals surface area contributed by atoms with Gasteiger partial charge in [0.2, 0.25) is 15.9 Å². The van der Waals surface area contributed by atoms with E-state index < -0.39 is 27.8 Å². The Kier molecular flexibility index (Phi) is 7.39. The molecule has 2 aromatic carbocycles. The van der Waals surface area contributed by atoms with Crippen LogP contribution >= 0.6 is 0 Å². The molecule has 0 aliphatic heterocycles. The van der Waals surface area contributed by atoms with Crippen LogP contribution in [0.25, 0.3) is 0 Å². The molecule has 2 rings (SSSR count). The number of nitrogens with zero attached hydrogens (tertiary/aromatic N) is 1. The standard InChI is InChI=1S/C20H25FN2O4S/c1-4-19(23(28(3,25)26)17-9-7-16(21)8-10-17)20(24)22-13-14-27-18-11-5-15(2)6-12-18/h5-12,19H,4,13-14H2,1-3H3,(H,22,24)/t19-/m1/s1. The van der Waals surface area contributed by atoms with Crippen molar-refractivity contribution in [3.8, 4) is 5.75 Å². The SMILES string of the molecule is CC[C@H](C(=O)NCCOc1ccc(C)cc1)N(c1ccc(F)cc1)S(C)(=O)=O. The molecule has 2 aromatic rings. The van der Waals surface area contributed by atoms with Crippen LogP contribution < -0.4 is 14.4 Å². The third-order valence-corrected chi connectivity index (χ3v) is 5.28. The lowest BCUT2D eigenvalue weighted by Gasteiger charge is -2.30. The molecule has 0 radical (unpaired) electrons. The minimum Gasteiger partial charge on any atom is -0.492 e. The summed E-state index contributed by atoms with van der Waals surface area (Å²) in [6.07, 6.45) is 1.28. The number of hydrogen-bond donors (Lipinski definition) is 1. The number of hydrogen-bond acceptors (Lipinski definition) is 4. The maximum atomic E-state index is 13.2. The Balaban J connectivity index is 2.02. The van der Waals surface area contributed by atoms with Crippen LogP contribution in [-0.4, -0.2) is 39.8 Å². The molecule has 8 heteroatoms. The van der Waals surface area contributed by atoms with Crippen molar-refractivity contribution < 1.29 is 22.3 Å². The quantitative estimate of drug-likeness (QED) is 0.648. The van der Waals surface area contributed by atoms with E-state index >= 15 is 0 Å². The Labute approximate surface area is 165 Å². The van der Waals surface area contributed by atoms with Crippen LogP contribution in [0.5, 0.6) is 5.75 Å². The van der Waals surface area contributed by atoms with E-state index in [9.17, 15) is 17.6 Å². The van der Waals surface area contributed by atoms with Gasteiger partial charge in [0.15, 0.2) is 0 Å². The number of carbonyl (C=O) groups is 1. The fraction of sp³-hybridized carbons (Fsp3) is 0.350. The van der Waals surface area contributed by atoms with E-state index in [2.05, 4.69) is 5.32 Å². The second-order valence-corrected chi connectivity index (χ2v) is 8.27. The lowest BCUT2D eigenvalue weighted by molar-refractivity contribution is -0.122. The van der Waals surface area contributed by atoms with Gasteiger partial charge in [-0.15, -0.1) is 0 Å². The van der Waals surface area contributed by atoms with Crippen molar-refractivity contribution in [3.05, 3.63) is 59.9 Å². The normalized spacial score (nSPS) is 12.3.